The minimum Gasteiger partial charge on any atom is -0.492 e. The maximum absolute atomic E-state index is 11.0. The Morgan fingerprint density at radius 2 is 2.00 bits per heavy atom. The minimum absolute atomic E-state index is 0. The zero-order valence-corrected chi connectivity index (χ0v) is 20.1. The first-order chi connectivity index (χ1) is 16.1. The predicted octanol–water partition coefficient (Wildman–Crippen LogP) is 5.68. The third kappa shape index (κ3) is 5.06. The lowest BCUT2D eigenvalue weighted by Crippen LogP contribution is -2.30. The van der Waals surface area contributed by atoms with Crippen molar-refractivity contribution in [3.8, 4) is 22.6 Å². The number of carboxylic acid groups (broad SMARTS) is 1. The van der Waals surface area contributed by atoms with Crippen molar-refractivity contribution < 1.29 is 19.4 Å². The number of hydrogen-bond donors (Lipinski definition) is 1. The molecule has 6 heteroatoms. The van der Waals surface area contributed by atoms with Gasteiger partial charge < -0.3 is 14.6 Å². The van der Waals surface area contributed by atoms with E-state index in [9.17, 15) is 4.79 Å². The van der Waals surface area contributed by atoms with Crippen LogP contribution in [0.25, 0.3) is 11.1 Å². The van der Waals surface area contributed by atoms with Crippen LogP contribution < -0.4 is 9.47 Å². The van der Waals surface area contributed by atoms with Gasteiger partial charge in [0.15, 0.2) is 0 Å². The first-order valence-electron chi connectivity index (χ1n) is 11.6. The van der Waals surface area contributed by atoms with Crippen LogP contribution >= 0.6 is 12.4 Å². The van der Waals surface area contributed by atoms with Crippen LogP contribution in [0.1, 0.15) is 41.5 Å². The molecule has 0 bridgehead atoms. The Morgan fingerprint density at radius 1 is 1.15 bits per heavy atom. The largest absolute Gasteiger partial charge is 0.492 e. The first-order valence-corrected chi connectivity index (χ1v) is 11.6. The standard InChI is InChI=1S/C28H29NO4.ClH/c1-2-29-12-11-25-21(16-29)7-4-8-24(25)20-6-3-5-19(13-20)17-32-23-9-10-26-22(14-28(30)31)18-33-27(26)15-23;/h3-10,13,15,22H,2,11-12,14,16-18H2,1H3,(H,30,31);1H/t22-;/m1./s1. The van der Waals surface area contributed by atoms with E-state index in [0.717, 1.165) is 48.7 Å². The molecule has 1 atom stereocenters. The summed E-state index contributed by atoms with van der Waals surface area (Å²) in [6, 6.07) is 20.9. The van der Waals surface area contributed by atoms with Crippen LogP contribution in [0, 0.1) is 0 Å². The highest BCUT2D eigenvalue weighted by Crippen LogP contribution is 2.38. The molecule has 178 valence electrons. The fraction of sp³-hybridized carbons (Fsp3) is 0.321. The summed E-state index contributed by atoms with van der Waals surface area (Å²) < 4.78 is 11.8. The van der Waals surface area contributed by atoms with Crippen LogP contribution in [0.5, 0.6) is 11.5 Å². The van der Waals surface area contributed by atoms with Crippen molar-refractivity contribution in [2.45, 2.75) is 38.8 Å². The molecule has 0 saturated heterocycles. The molecule has 2 aliphatic rings. The van der Waals surface area contributed by atoms with Gasteiger partial charge in [-0.2, -0.15) is 0 Å². The van der Waals surface area contributed by atoms with Gasteiger partial charge in [0.1, 0.15) is 18.1 Å². The molecule has 3 aromatic carbocycles. The Balaban J connectivity index is 0.00000274. The second-order valence-electron chi connectivity index (χ2n) is 8.86. The van der Waals surface area contributed by atoms with E-state index in [1.807, 2.05) is 18.2 Å². The molecule has 2 aliphatic heterocycles. The van der Waals surface area contributed by atoms with Crippen LogP contribution in [0.2, 0.25) is 0 Å². The quantitative estimate of drug-likeness (QED) is 0.472. The molecule has 1 N–H and O–H groups in total. The molecule has 0 aliphatic carbocycles. The summed E-state index contributed by atoms with van der Waals surface area (Å²) >= 11 is 0. The summed E-state index contributed by atoms with van der Waals surface area (Å²) in [5.74, 6) is 0.555. The Morgan fingerprint density at radius 3 is 2.82 bits per heavy atom. The van der Waals surface area contributed by atoms with Gasteiger partial charge in [-0.25, -0.2) is 0 Å². The maximum atomic E-state index is 11.0. The van der Waals surface area contributed by atoms with Gasteiger partial charge in [-0.3, -0.25) is 9.69 Å². The number of fused-ring (bicyclic) bond motifs is 2. The number of ether oxygens (including phenoxy) is 2. The number of benzene rings is 3. The smallest absolute Gasteiger partial charge is 0.304 e. The lowest BCUT2D eigenvalue weighted by Gasteiger charge is -2.29. The molecule has 34 heavy (non-hydrogen) atoms. The summed E-state index contributed by atoms with van der Waals surface area (Å²) in [5, 5.41) is 9.08. The van der Waals surface area contributed by atoms with Crippen LogP contribution in [0.3, 0.4) is 0 Å². The molecular weight excluding hydrogens is 450 g/mol. The monoisotopic (exact) mass is 479 g/mol. The minimum atomic E-state index is -0.806. The lowest BCUT2D eigenvalue weighted by atomic mass is 9.90. The van der Waals surface area contributed by atoms with Crippen molar-refractivity contribution in [2.24, 2.45) is 0 Å². The molecule has 0 aromatic heterocycles. The van der Waals surface area contributed by atoms with E-state index in [2.05, 4.69) is 54.3 Å². The van der Waals surface area contributed by atoms with Gasteiger partial charge in [0.2, 0.25) is 0 Å². The molecule has 5 nitrogen and oxygen atoms in total. The van der Waals surface area contributed by atoms with Crippen LogP contribution in [0.4, 0.5) is 0 Å². The van der Waals surface area contributed by atoms with E-state index in [1.165, 1.54) is 22.3 Å². The number of aliphatic carboxylic acids is 1. The van der Waals surface area contributed by atoms with Crippen molar-refractivity contribution in [3.05, 3.63) is 82.9 Å². The van der Waals surface area contributed by atoms with Gasteiger partial charge in [-0.1, -0.05) is 49.4 Å². The Hall–Kier alpha value is -3.02. The summed E-state index contributed by atoms with van der Waals surface area (Å²) in [5.41, 5.74) is 7.50. The van der Waals surface area contributed by atoms with E-state index >= 15 is 0 Å². The number of likely N-dealkylation sites (N-methyl/N-ethyl adjacent to an activating group) is 1. The maximum Gasteiger partial charge on any atom is 0.304 e. The first kappa shape index (κ1) is 24.1. The fourth-order valence-electron chi connectivity index (χ4n) is 4.93. The number of carboxylic acids is 1. The van der Waals surface area contributed by atoms with Gasteiger partial charge in [0.05, 0.1) is 13.0 Å². The van der Waals surface area contributed by atoms with Gasteiger partial charge >= 0.3 is 5.97 Å². The highest BCUT2D eigenvalue weighted by Gasteiger charge is 2.26. The number of hydrogen-bond acceptors (Lipinski definition) is 4. The number of carbonyl (C=O) groups is 1. The molecule has 2 heterocycles. The van der Waals surface area contributed by atoms with Crippen LogP contribution in [-0.4, -0.2) is 35.7 Å². The third-order valence-corrected chi connectivity index (χ3v) is 6.72. The van der Waals surface area contributed by atoms with Crippen molar-refractivity contribution in [1.29, 1.82) is 0 Å². The van der Waals surface area contributed by atoms with Crippen molar-refractivity contribution in [2.75, 3.05) is 19.7 Å². The zero-order chi connectivity index (χ0) is 22.8. The topological polar surface area (TPSA) is 59.0 Å². The van der Waals surface area contributed by atoms with E-state index in [4.69, 9.17) is 14.6 Å². The second-order valence-corrected chi connectivity index (χ2v) is 8.86. The van der Waals surface area contributed by atoms with E-state index in [0.29, 0.717) is 13.2 Å². The number of halogens is 1. The van der Waals surface area contributed by atoms with Crippen LogP contribution in [0.15, 0.2) is 60.7 Å². The molecule has 0 radical (unpaired) electrons. The van der Waals surface area contributed by atoms with Crippen LogP contribution in [-0.2, 0) is 24.4 Å². The number of nitrogens with zero attached hydrogens (tertiary/aromatic N) is 1. The fourth-order valence-corrected chi connectivity index (χ4v) is 4.93. The number of rotatable bonds is 7. The normalized spacial score (nSPS) is 16.7. The van der Waals surface area contributed by atoms with Gasteiger partial charge in [-0.15, -0.1) is 12.4 Å². The van der Waals surface area contributed by atoms with E-state index < -0.39 is 5.97 Å². The average molecular weight is 480 g/mol. The summed E-state index contributed by atoms with van der Waals surface area (Å²) in [6.45, 7) is 6.31. The third-order valence-electron chi connectivity index (χ3n) is 6.72. The summed E-state index contributed by atoms with van der Waals surface area (Å²) in [7, 11) is 0. The second kappa shape index (κ2) is 10.5. The van der Waals surface area contributed by atoms with Crippen molar-refractivity contribution >= 4 is 18.4 Å². The Bertz CT molecular complexity index is 1180. The van der Waals surface area contributed by atoms with Gasteiger partial charge in [-0.05, 0) is 52.9 Å². The molecule has 5 rings (SSSR count). The molecular formula is C28H30ClNO4. The van der Waals surface area contributed by atoms with Crippen molar-refractivity contribution in [3.63, 3.8) is 0 Å². The molecule has 0 saturated carbocycles. The zero-order valence-electron chi connectivity index (χ0n) is 19.3. The average Bonchev–Trinajstić information content (AvgIpc) is 3.23. The molecule has 0 amide bonds. The van der Waals surface area contributed by atoms with Gasteiger partial charge in [0.25, 0.3) is 0 Å². The van der Waals surface area contributed by atoms with E-state index in [-0.39, 0.29) is 24.7 Å². The molecule has 3 aromatic rings. The van der Waals surface area contributed by atoms with Gasteiger partial charge in [0, 0.05) is 30.6 Å². The molecule has 0 unspecified atom stereocenters. The lowest BCUT2D eigenvalue weighted by molar-refractivity contribution is -0.137. The van der Waals surface area contributed by atoms with E-state index in [1.54, 1.807) is 0 Å². The highest BCUT2D eigenvalue weighted by molar-refractivity contribution is 5.85. The Kier molecular flexibility index (Phi) is 7.44. The molecule has 0 fully saturated rings. The predicted molar refractivity (Wildman–Crippen MR) is 135 cm³/mol. The SMILES string of the molecule is CCN1CCc2c(cccc2-c2cccc(COc3ccc4c(c3)OC[C@H]4CC(=O)O)c2)C1.Cl. The molecule has 0 spiro atoms. The Labute approximate surface area is 206 Å². The summed E-state index contributed by atoms with van der Waals surface area (Å²) in [6.07, 6.45) is 1.16. The summed E-state index contributed by atoms with van der Waals surface area (Å²) in [4.78, 5) is 13.5. The highest BCUT2D eigenvalue weighted by atomic mass is 35.5. The van der Waals surface area contributed by atoms with Crippen molar-refractivity contribution in [1.82, 2.24) is 4.90 Å².